The molecule has 2 aromatic rings. The van der Waals surface area contributed by atoms with Crippen LogP contribution < -0.4 is 15.2 Å². The predicted octanol–water partition coefficient (Wildman–Crippen LogP) is 2.75. The average molecular weight is 334 g/mol. The Balaban J connectivity index is 1.83. The van der Waals surface area contributed by atoms with Crippen LogP contribution in [0.15, 0.2) is 53.4 Å². The lowest BCUT2D eigenvalue weighted by molar-refractivity contribution is 0.322. The van der Waals surface area contributed by atoms with Gasteiger partial charge in [-0.1, -0.05) is 26.0 Å². The fraction of sp³-hybridized carbons (Fsp3) is 0.294. The number of anilines is 1. The molecular weight excluding hydrogens is 312 g/mol. The molecule has 0 heterocycles. The summed E-state index contributed by atoms with van der Waals surface area (Å²) in [6, 6.07) is 13.9. The monoisotopic (exact) mass is 334 g/mol. The number of nitrogens with one attached hydrogen (secondary N) is 1. The summed E-state index contributed by atoms with van der Waals surface area (Å²) >= 11 is 0. The molecule has 124 valence electrons. The topological polar surface area (TPSA) is 81.4 Å². The molecule has 2 rings (SSSR count). The van der Waals surface area contributed by atoms with Gasteiger partial charge in [-0.15, -0.1) is 0 Å². The lowest BCUT2D eigenvalue weighted by Crippen LogP contribution is -2.28. The summed E-state index contributed by atoms with van der Waals surface area (Å²) in [6.45, 7) is 4.71. The van der Waals surface area contributed by atoms with E-state index >= 15 is 0 Å². The highest BCUT2D eigenvalue weighted by atomic mass is 32.2. The van der Waals surface area contributed by atoms with Crippen LogP contribution in [0, 0.1) is 0 Å². The molecule has 0 spiro atoms. The van der Waals surface area contributed by atoms with Gasteiger partial charge in [0.05, 0.1) is 4.90 Å². The SMILES string of the molecule is CC(C)c1ccc(OCCNS(=O)(=O)c2ccc(N)cc2)cc1. The van der Waals surface area contributed by atoms with Crippen LogP contribution in [0.4, 0.5) is 5.69 Å². The van der Waals surface area contributed by atoms with Gasteiger partial charge in [-0.05, 0) is 47.9 Å². The van der Waals surface area contributed by atoms with Gasteiger partial charge in [-0.2, -0.15) is 0 Å². The second-order valence-electron chi connectivity index (χ2n) is 5.54. The van der Waals surface area contributed by atoms with Gasteiger partial charge in [0.2, 0.25) is 10.0 Å². The summed E-state index contributed by atoms with van der Waals surface area (Å²) in [5.41, 5.74) is 7.31. The average Bonchev–Trinajstić information content (AvgIpc) is 2.52. The van der Waals surface area contributed by atoms with Crippen LogP contribution in [0.25, 0.3) is 0 Å². The van der Waals surface area contributed by atoms with Crippen molar-refractivity contribution in [2.24, 2.45) is 0 Å². The number of ether oxygens (including phenoxy) is 1. The van der Waals surface area contributed by atoms with Crippen LogP contribution in [0.3, 0.4) is 0 Å². The van der Waals surface area contributed by atoms with Crippen LogP contribution in [0.2, 0.25) is 0 Å². The van der Waals surface area contributed by atoms with Crippen molar-refractivity contribution in [2.45, 2.75) is 24.7 Å². The molecule has 0 atom stereocenters. The van der Waals surface area contributed by atoms with Gasteiger partial charge < -0.3 is 10.5 Å². The van der Waals surface area contributed by atoms with Crippen molar-refractivity contribution < 1.29 is 13.2 Å². The first-order valence-corrected chi connectivity index (χ1v) is 8.95. The maximum Gasteiger partial charge on any atom is 0.240 e. The summed E-state index contributed by atoms with van der Waals surface area (Å²) < 4.78 is 32.2. The molecule has 0 unspecified atom stereocenters. The molecule has 0 saturated carbocycles. The van der Waals surface area contributed by atoms with E-state index < -0.39 is 10.0 Å². The van der Waals surface area contributed by atoms with Gasteiger partial charge >= 0.3 is 0 Å². The molecule has 0 aliphatic heterocycles. The van der Waals surface area contributed by atoms with Crippen molar-refractivity contribution in [3.05, 3.63) is 54.1 Å². The molecular formula is C17H22N2O3S. The second kappa shape index (κ2) is 7.48. The first-order valence-electron chi connectivity index (χ1n) is 7.46. The Morgan fingerprint density at radius 1 is 1.04 bits per heavy atom. The molecule has 0 aromatic heterocycles. The highest BCUT2D eigenvalue weighted by molar-refractivity contribution is 7.89. The number of benzene rings is 2. The number of hydrogen-bond acceptors (Lipinski definition) is 4. The molecule has 0 saturated heterocycles. The number of hydrogen-bond donors (Lipinski definition) is 2. The van der Waals surface area contributed by atoms with Crippen molar-refractivity contribution in [2.75, 3.05) is 18.9 Å². The van der Waals surface area contributed by atoms with Gasteiger partial charge in [0.15, 0.2) is 0 Å². The molecule has 23 heavy (non-hydrogen) atoms. The summed E-state index contributed by atoms with van der Waals surface area (Å²) in [4.78, 5) is 0.188. The zero-order valence-electron chi connectivity index (χ0n) is 13.3. The molecule has 2 aromatic carbocycles. The van der Waals surface area contributed by atoms with Crippen LogP contribution in [0.5, 0.6) is 5.75 Å². The summed E-state index contributed by atoms with van der Waals surface area (Å²) in [5.74, 6) is 1.19. The number of sulfonamides is 1. The summed E-state index contributed by atoms with van der Waals surface area (Å²) in [6.07, 6.45) is 0. The Labute approximate surface area is 137 Å². The molecule has 0 radical (unpaired) electrons. The zero-order chi connectivity index (χ0) is 16.9. The van der Waals surface area contributed by atoms with E-state index in [0.717, 1.165) is 5.75 Å². The Bertz CT molecular complexity index is 723. The minimum atomic E-state index is -3.53. The van der Waals surface area contributed by atoms with E-state index in [0.29, 0.717) is 11.6 Å². The Kier molecular flexibility index (Phi) is 5.63. The van der Waals surface area contributed by atoms with Crippen LogP contribution in [-0.4, -0.2) is 21.6 Å². The van der Waals surface area contributed by atoms with Crippen molar-refractivity contribution in [1.82, 2.24) is 4.72 Å². The maximum absolute atomic E-state index is 12.1. The van der Waals surface area contributed by atoms with Crippen molar-refractivity contribution >= 4 is 15.7 Å². The van der Waals surface area contributed by atoms with Gasteiger partial charge in [-0.3, -0.25) is 0 Å². The number of rotatable bonds is 7. The minimum Gasteiger partial charge on any atom is -0.492 e. The Morgan fingerprint density at radius 2 is 1.65 bits per heavy atom. The first-order chi connectivity index (χ1) is 10.9. The van der Waals surface area contributed by atoms with E-state index in [-0.39, 0.29) is 18.0 Å². The fourth-order valence-electron chi connectivity index (χ4n) is 2.02. The first kappa shape index (κ1) is 17.3. The standard InChI is InChI=1S/C17H22N2O3S/c1-13(2)14-3-7-16(8-4-14)22-12-11-19-23(20,21)17-9-5-15(18)6-10-17/h3-10,13,19H,11-12,18H2,1-2H3. The smallest absolute Gasteiger partial charge is 0.240 e. The Hall–Kier alpha value is -2.05. The number of nitrogen functional groups attached to an aromatic ring is 1. The highest BCUT2D eigenvalue weighted by Crippen LogP contribution is 2.18. The quantitative estimate of drug-likeness (QED) is 0.602. The van der Waals surface area contributed by atoms with E-state index in [1.165, 1.54) is 17.7 Å². The van der Waals surface area contributed by atoms with Crippen molar-refractivity contribution in [3.63, 3.8) is 0 Å². The van der Waals surface area contributed by atoms with E-state index in [1.807, 2.05) is 24.3 Å². The molecule has 0 aliphatic carbocycles. The van der Waals surface area contributed by atoms with Gasteiger partial charge in [0, 0.05) is 12.2 Å². The number of nitrogens with two attached hydrogens (primary N) is 1. The van der Waals surface area contributed by atoms with Crippen LogP contribution >= 0.6 is 0 Å². The molecule has 0 fully saturated rings. The third kappa shape index (κ3) is 4.97. The van der Waals surface area contributed by atoms with Gasteiger partial charge in [0.1, 0.15) is 12.4 Å². The maximum atomic E-state index is 12.1. The van der Waals surface area contributed by atoms with Crippen molar-refractivity contribution in [3.8, 4) is 5.75 Å². The fourth-order valence-corrected chi connectivity index (χ4v) is 3.04. The van der Waals surface area contributed by atoms with Crippen molar-refractivity contribution in [1.29, 1.82) is 0 Å². The third-order valence-corrected chi connectivity index (χ3v) is 4.88. The minimum absolute atomic E-state index is 0.188. The molecule has 3 N–H and O–H groups in total. The third-order valence-electron chi connectivity index (χ3n) is 3.40. The zero-order valence-corrected chi connectivity index (χ0v) is 14.1. The van der Waals surface area contributed by atoms with E-state index in [4.69, 9.17) is 10.5 Å². The molecule has 6 heteroatoms. The normalized spacial score (nSPS) is 11.6. The molecule has 5 nitrogen and oxygen atoms in total. The van der Waals surface area contributed by atoms with E-state index in [1.54, 1.807) is 12.1 Å². The van der Waals surface area contributed by atoms with Crippen LogP contribution in [-0.2, 0) is 10.0 Å². The van der Waals surface area contributed by atoms with E-state index in [2.05, 4.69) is 18.6 Å². The predicted molar refractivity (Wildman–Crippen MR) is 92.1 cm³/mol. The Morgan fingerprint density at radius 3 is 2.22 bits per heavy atom. The van der Waals surface area contributed by atoms with E-state index in [9.17, 15) is 8.42 Å². The molecule has 0 aliphatic rings. The second-order valence-corrected chi connectivity index (χ2v) is 7.31. The highest BCUT2D eigenvalue weighted by Gasteiger charge is 2.12. The molecule has 0 amide bonds. The lowest BCUT2D eigenvalue weighted by Gasteiger charge is -2.10. The summed E-state index contributed by atoms with van der Waals surface area (Å²) in [7, 11) is -3.53. The summed E-state index contributed by atoms with van der Waals surface area (Å²) in [5, 5.41) is 0. The lowest BCUT2D eigenvalue weighted by atomic mass is 10.0. The van der Waals surface area contributed by atoms with Gasteiger partial charge in [-0.25, -0.2) is 13.1 Å². The van der Waals surface area contributed by atoms with Gasteiger partial charge in [0.25, 0.3) is 0 Å². The largest absolute Gasteiger partial charge is 0.492 e. The van der Waals surface area contributed by atoms with Crippen LogP contribution in [0.1, 0.15) is 25.3 Å². The molecule has 0 bridgehead atoms.